The first kappa shape index (κ1) is 26.3. The van der Waals surface area contributed by atoms with Crippen molar-refractivity contribution in [3.05, 3.63) is 41.9 Å². The Morgan fingerprint density at radius 2 is 1.56 bits per heavy atom. The molecule has 3 aliphatic heterocycles. The number of amides is 2. The van der Waals surface area contributed by atoms with Gasteiger partial charge in [0, 0.05) is 63.6 Å². The first-order valence-electron chi connectivity index (χ1n) is 12.6. The van der Waals surface area contributed by atoms with Gasteiger partial charge in [-0.1, -0.05) is 6.58 Å². The summed E-state index contributed by atoms with van der Waals surface area (Å²) in [5.74, 6) is -2.79. The number of allylic oxidation sites excluding steroid dienone is 1. The van der Waals surface area contributed by atoms with Crippen molar-refractivity contribution in [2.45, 2.75) is 45.1 Å². The molecule has 0 spiro atoms. The summed E-state index contributed by atoms with van der Waals surface area (Å²) in [7, 11) is 0. The number of benzene rings is 1. The molecule has 10 heteroatoms. The van der Waals surface area contributed by atoms with Crippen LogP contribution in [-0.4, -0.2) is 78.6 Å². The van der Waals surface area contributed by atoms with Crippen molar-refractivity contribution in [1.82, 2.24) is 14.7 Å². The van der Waals surface area contributed by atoms with E-state index in [9.17, 15) is 22.8 Å². The third-order valence-electron chi connectivity index (χ3n) is 7.26. The van der Waals surface area contributed by atoms with Crippen LogP contribution in [0.4, 0.5) is 18.0 Å². The molecule has 0 N–H and O–H groups in total. The number of carbonyl (C=O) groups excluding carboxylic acids is 2. The maximum Gasteiger partial charge on any atom is 0.414 e. The Hall–Kier alpha value is -2.75. The fourth-order valence-electron chi connectivity index (χ4n) is 5.35. The number of carbonyl (C=O) groups is 2. The molecular weight excluding hydrogens is 475 g/mol. The molecule has 3 fully saturated rings. The molecule has 3 aliphatic rings. The van der Waals surface area contributed by atoms with Crippen LogP contribution in [0, 0.1) is 29.3 Å². The second-order valence-corrected chi connectivity index (χ2v) is 10.1. The van der Waals surface area contributed by atoms with Crippen LogP contribution < -0.4 is 4.74 Å². The average Bonchev–Trinajstić information content (AvgIpc) is 3.30. The highest BCUT2D eigenvalue weighted by Crippen LogP contribution is 2.28. The normalized spacial score (nSPS) is 22.1. The number of likely N-dealkylation sites (tertiary alicyclic amines) is 3. The van der Waals surface area contributed by atoms with E-state index in [1.165, 1.54) is 0 Å². The van der Waals surface area contributed by atoms with Gasteiger partial charge in [-0.25, -0.2) is 18.0 Å². The van der Waals surface area contributed by atoms with Crippen molar-refractivity contribution in [3.63, 3.8) is 0 Å². The number of piperidine rings is 2. The molecule has 198 valence electrons. The van der Waals surface area contributed by atoms with Crippen molar-refractivity contribution in [1.29, 1.82) is 0 Å². The predicted octanol–water partition coefficient (Wildman–Crippen LogP) is 4.18. The van der Waals surface area contributed by atoms with Gasteiger partial charge in [0.2, 0.25) is 5.91 Å². The molecule has 3 saturated heterocycles. The van der Waals surface area contributed by atoms with Crippen LogP contribution in [-0.2, 0) is 9.53 Å². The van der Waals surface area contributed by atoms with E-state index >= 15 is 0 Å². The minimum absolute atomic E-state index is 0.0312. The van der Waals surface area contributed by atoms with E-state index in [4.69, 9.17) is 9.47 Å². The molecular formula is C26H34F3N3O4. The summed E-state index contributed by atoms with van der Waals surface area (Å²) < 4.78 is 51.4. The molecule has 0 saturated carbocycles. The van der Waals surface area contributed by atoms with Crippen LogP contribution in [0.2, 0.25) is 0 Å². The van der Waals surface area contributed by atoms with Crippen molar-refractivity contribution in [2.24, 2.45) is 11.8 Å². The highest BCUT2D eigenvalue weighted by atomic mass is 19.1. The summed E-state index contributed by atoms with van der Waals surface area (Å²) in [6.45, 7) is 10.1. The Bertz CT molecular complexity index is 952. The van der Waals surface area contributed by atoms with Crippen molar-refractivity contribution >= 4 is 12.0 Å². The molecule has 0 aliphatic carbocycles. The average molecular weight is 510 g/mol. The zero-order chi connectivity index (χ0) is 25.8. The molecule has 1 atom stereocenters. The Labute approximate surface area is 209 Å². The zero-order valence-corrected chi connectivity index (χ0v) is 20.7. The lowest BCUT2D eigenvalue weighted by molar-refractivity contribution is -0.139. The maximum absolute atomic E-state index is 13.9. The third kappa shape index (κ3) is 6.52. The number of hydrogen-bond acceptors (Lipinski definition) is 5. The fraction of sp³-hybridized carbons (Fsp3) is 0.615. The van der Waals surface area contributed by atoms with Gasteiger partial charge in [0.05, 0.1) is 5.76 Å². The summed E-state index contributed by atoms with van der Waals surface area (Å²) >= 11 is 0. The van der Waals surface area contributed by atoms with E-state index < -0.39 is 29.3 Å². The summed E-state index contributed by atoms with van der Waals surface area (Å²) in [6.07, 6.45) is 2.68. The number of hydrogen-bond donors (Lipinski definition) is 0. The van der Waals surface area contributed by atoms with Crippen LogP contribution >= 0.6 is 0 Å². The van der Waals surface area contributed by atoms with Gasteiger partial charge in [0.1, 0.15) is 11.9 Å². The first-order chi connectivity index (χ1) is 17.2. The second kappa shape index (κ2) is 11.5. The predicted molar refractivity (Wildman–Crippen MR) is 127 cm³/mol. The van der Waals surface area contributed by atoms with Gasteiger partial charge >= 0.3 is 6.09 Å². The molecule has 4 rings (SSSR count). The molecule has 1 aromatic rings. The molecule has 36 heavy (non-hydrogen) atoms. The molecule has 1 unspecified atom stereocenters. The summed E-state index contributed by atoms with van der Waals surface area (Å²) in [6, 6.07) is 1.20. The quantitative estimate of drug-likeness (QED) is 0.539. The van der Waals surface area contributed by atoms with E-state index in [1.54, 1.807) is 11.8 Å². The van der Waals surface area contributed by atoms with Crippen molar-refractivity contribution in [2.75, 3.05) is 45.8 Å². The topological polar surface area (TPSA) is 62.3 Å². The molecule has 0 aromatic heterocycles. The smallest absolute Gasteiger partial charge is 0.414 e. The number of halogens is 3. The van der Waals surface area contributed by atoms with Gasteiger partial charge in [-0.2, -0.15) is 0 Å². The maximum atomic E-state index is 13.9. The summed E-state index contributed by atoms with van der Waals surface area (Å²) in [5, 5.41) is 0. The highest BCUT2D eigenvalue weighted by molar-refractivity contribution is 5.79. The highest BCUT2D eigenvalue weighted by Gasteiger charge is 2.34. The van der Waals surface area contributed by atoms with E-state index in [-0.39, 0.29) is 17.9 Å². The Kier molecular flexibility index (Phi) is 8.43. The van der Waals surface area contributed by atoms with E-state index in [0.717, 1.165) is 38.9 Å². The van der Waals surface area contributed by atoms with Crippen LogP contribution in [0.15, 0.2) is 24.5 Å². The molecule has 3 heterocycles. The van der Waals surface area contributed by atoms with E-state index in [0.29, 0.717) is 62.8 Å². The monoisotopic (exact) mass is 509 g/mol. The number of ether oxygens (including phenoxy) is 2. The van der Waals surface area contributed by atoms with Crippen LogP contribution in [0.5, 0.6) is 5.75 Å². The lowest BCUT2D eigenvalue weighted by Crippen LogP contribution is -2.47. The lowest BCUT2D eigenvalue weighted by atomic mass is 9.93. The molecule has 7 nitrogen and oxygen atoms in total. The molecule has 0 radical (unpaired) electrons. The van der Waals surface area contributed by atoms with Gasteiger partial charge in [-0.3, -0.25) is 4.79 Å². The number of nitrogens with zero attached hydrogens (tertiary/aromatic N) is 3. The molecule has 1 aromatic carbocycles. The summed E-state index contributed by atoms with van der Waals surface area (Å²) in [4.78, 5) is 31.0. The lowest BCUT2D eigenvalue weighted by Gasteiger charge is -2.37. The zero-order valence-electron chi connectivity index (χ0n) is 20.7. The number of rotatable bonds is 6. The minimum Gasteiger partial charge on any atom is -0.484 e. The Morgan fingerprint density at radius 1 is 0.944 bits per heavy atom. The third-order valence-corrected chi connectivity index (χ3v) is 7.26. The van der Waals surface area contributed by atoms with E-state index in [1.807, 2.05) is 4.90 Å². The molecule has 2 amide bonds. The van der Waals surface area contributed by atoms with Gasteiger partial charge in [-0.15, -0.1) is 0 Å². The standard InChI is InChI=1S/C26H34F3N3O4/c1-17(2)35-26(34)32-10-3-18(16-32)15-30-8-4-19(5-9-30)25(33)31-11-6-21(7-12-31)36-24-22(28)13-20(27)14-23(24)29/h13-14,18-19,21H,1,3-12,15-16H2,2H3. The SMILES string of the molecule is C=C(C)OC(=O)N1CCC(CN2CCC(C(=O)N3CCC(Oc4c(F)cc(F)cc4F)CC3)CC2)C1. The van der Waals surface area contributed by atoms with Gasteiger partial charge < -0.3 is 24.2 Å². The van der Waals surface area contributed by atoms with Gasteiger partial charge in [0.25, 0.3) is 0 Å². The van der Waals surface area contributed by atoms with Gasteiger partial charge in [0.15, 0.2) is 17.4 Å². The fourth-order valence-corrected chi connectivity index (χ4v) is 5.35. The second-order valence-electron chi connectivity index (χ2n) is 10.1. The van der Waals surface area contributed by atoms with Crippen molar-refractivity contribution in [3.8, 4) is 5.75 Å². The largest absolute Gasteiger partial charge is 0.484 e. The van der Waals surface area contributed by atoms with Crippen LogP contribution in [0.1, 0.15) is 39.0 Å². The van der Waals surface area contributed by atoms with E-state index in [2.05, 4.69) is 11.5 Å². The Balaban J connectivity index is 1.17. The first-order valence-corrected chi connectivity index (χ1v) is 12.6. The molecule has 0 bridgehead atoms. The van der Waals surface area contributed by atoms with Crippen molar-refractivity contribution < 1.29 is 32.2 Å². The summed E-state index contributed by atoms with van der Waals surface area (Å²) in [5.41, 5.74) is 0. The Morgan fingerprint density at radius 3 is 2.17 bits per heavy atom. The van der Waals surface area contributed by atoms with Crippen LogP contribution in [0.25, 0.3) is 0 Å². The van der Waals surface area contributed by atoms with Gasteiger partial charge in [-0.05, 0) is 45.2 Å². The minimum atomic E-state index is -1.06. The van der Waals surface area contributed by atoms with Crippen LogP contribution in [0.3, 0.4) is 0 Å².